The molecule has 1 unspecified atom stereocenters. The van der Waals surface area contributed by atoms with Crippen molar-refractivity contribution in [3.8, 4) is 0 Å². The van der Waals surface area contributed by atoms with Crippen LogP contribution >= 0.6 is 0 Å². The van der Waals surface area contributed by atoms with Gasteiger partial charge < -0.3 is 4.90 Å². The van der Waals surface area contributed by atoms with Gasteiger partial charge in [0.25, 0.3) is 0 Å². The van der Waals surface area contributed by atoms with Gasteiger partial charge in [0.15, 0.2) is 0 Å². The van der Waals surface area contributed by atoms with E-state index >= 15 is 0 Å². The average molecular weight is 335 g/mol. The number of benzene rings is 2. The molecule has 0 aromatic heterocycles. The molecule has 0 N–H and O–H groups in total. The van der Waals surface area contributed by atoms with Crippen LogP contribution in [0.5, 0.6) is 0 Å². The third kappa shape index (κ3) is 4.16. The van der Waals surface area contributed by atoms with Crippen molar-refractivity contribution in [2.45, 2.75) is 32.0 Å². The van der Waals surface area contributed by atoms with Crippen molar-refractivity contribution in [3.63, 3.8) is 0 Å². The summed E-state index contributed by atoms with van der Waals surface area (Å²) in [7, 11) is 1.54. The number of amides is 1. The molecule has 0 aliphatic carbocycles. The van der Waals surface area contributed by atoms with Crippen molar-refractivity contribution in [2.24, 2.45) is 0 Å². The molecule has 1 atom stereocenters. The zero-order chi connectivity index (χ0) is 17.7. The van der Waals surface area contributed by atoms with Crippen LogP contribution in [0.2, 0.25) is 0 Å². The fraction of sp³-hybridized carbons (Fsp3) is 0.316. The van der Waals surface area contributed by atoms with Crippen molar-refractivity contribution < 1.29 is 18.0 Å². The number of carbonyl (C=O) groups is 1. The van der Waals surface area contributed by atoms with Crippen LogP contribution in [0.25, 0.3) is 0 Å². The number of hydrogen-bond acceptors (Lipinski definition) is 1. The first-order chi connectivity index (χ1) is 11.3. The predicted octanol–water partition coefficient (Wildman–Crippen LogP) is 4.86. The molecule has 24 heavy (non-hydrogen) atoms. The second kappa shape index (κ2) is 7.51. The number of rotatable bonds is 5. The van der Waals surface area contributed by atoms with Gasteiger partial charge >= 0.3 is 6.18 Å². The van der Waals surface area contributed by atoms with Gasteiger partial charge in [0, 0.05) is 13.6 Å². The molecular weight excluding hydrogens is 315 g/mol. The molecule has 0 saturated heterocycles. The standard InChI is InChI=1S/C19H20F3NO/c1-3-16(14-9-5-4-6-10-14)18(24)23(2)13-15-11-7-8-12-17(15)19(20,21)22/h4-12,16H,3,13H2,1-2H3. The Balaban J connectivity index is 2.21. The van der Waals surface area contributed by atoms with Crippen molar-refractivity contribution >= 4 is 5.91 Å². The Hall–Kier alpha value is -2.30. The van der Waals surface area contributed by atoms with Gasteiger partial charge in [0.1, 0.15) is 0 Å². The highest BCUT2D eigenvalue weighted by Crippen LogP contribution is 2.32. The monoisotopic (exact) mass is 335 g/mol. The van der Waals surface area contributed by atoms with E-state index < -0.39 is 11.7 Å². The third-order valence-electron chi connectivity index (χ3n) is 4.01. The number of hydrogen-bond donors (Lipinski definition) is 0. The lowest BCUT2D eigenvalue weighted by Crippen LogP contribution is -2.32. The maximum atomic E-state index is 13.1. The molecule has 0 aliphatic rings. The Morgan fingerprint density at radius 1 is 1.04 bits per heavy atom. The Morgan fingerprint density at radius 3 is 2.21 bits per heavy atom. The summed E-state index contributed by atoms with van der Waals surface area (Å²) in [6.45, 7) is 1.82. The normalized spacial score (nSPS) is 12.7. The van der Waals surface area contributed by atoms with E-state index in [1.807, 2.05) is 37.3 Å². The van der Waals surface area contributed by atoms with Crippen LogP contribution in [0.4, 0.5) is 13.2 Å². The predicted molar refractivity (Wildman–Crippen MR) is 87.4 cm³/mol. The third-order valence-corrected chi connectivity index (χ3v) is 4.01. The van der Waals surface area contributed by atoms with Crippen molar-refractivity contribution in [2.75, 3.05) is 7.05 Å². The second-order valence-corrected chi connectivity index (χ2v) is 5.72. The maximum Gasteiger partial charge on any atom is 0.416 e. The zero-order valence-electron chi connectivity index (χ0n) is 13.7. The summed E-state index contributed by atoms with van der Waals surface area (Å²) >= 11 is 0. The molecule has 0 spiro atoms. The van der Waals surface area contributed by atoms with Crippen LogP contribution < -0.4 is 0 Å². The minimum Gasteiger partial charge on any atom is -0.341 e. The molecule has 2 rings (SSSR count). The second-order valence-electron chi connectivity index (χ2n) is 5.72. The summed E-state index contributed by atoms with van der Waals surface area (Å²) in [5.41, 5.74) is 0.280. The highest BCUT2D eigenvalue weighted by Gasteiger charge is 2.33. The largest absolute Gasteiger partial charge is 0.416 e. The smallest absolute Gasteiger partial charge is 0.341 e. The molecule has 0 fully saturated rings. The van der Waals surface area contributed by atoms with Crippen molar-refractivity contribution in [1.82, 2.24) is 4.90 Å². The summed E-state index contributed by atoms with van der Waals surface area (Å²) in [6.07, 6.45) is -3.84. The Bertz CT molecular complexity index is 683. The number of alkyl halides is 3. The fourth-order valence-corrected chi connectivity index (χ4v) is 2.77. The van der Waals surface area contributed by atoms with E-state index in [1.54, 1.807) is 13.1 Å². The molecule has 2 nitrogen and oxygen atoms in total. The quantitative estimate of drug-likeness (QED) is 0.764. The summed E-state index contributed by atoms with van der Waals surface area (Å²) in [5.74, 6) is -0.532. The van der Waals surface area contributed by atoms with E-state index in [0.29, 0.717) is 6.42 Å². The molecule has 0 bridgehead atoms. The first-order valence-corrected chi connectivity index (χ1v) is 7.79. The molecule has 0 saturated carbocycles. The fourth-order valence-electron chi connectivity index (χ4n) is 2.77. The van der Waals surface area contributed by atoms with Gasteiger partial charge in [-0.3, -0.25) is 4.79 Å². The summed E-state index contributed by atoms with van der Waals surface area (Å²) < 4.78 is 39.3. The van der Waals surface area contributed by atoms with Gasteiger partial charge in [0.2, 0.25) is 5.91 Å². The first kappa shape index (κ1) is 18.0. The lowest BCUT2D eigenvalue weighted by Gasteiger charge is -2.25. The molecule has 2 aromatic carbocycles. The molecule has 0 heterocycles. The minimum atomic E-state index is -4.43. The molecule has 128 valence electrons. The molecule has 2 aromatic rings. The van der Waals surface area contributed by atoms with Gasteiger partial charge in [-0.05, 0) is 23.6 Å². The van der Waals surface area contributed by atoms with Gasteiger partial charge in [-0.1, -0.05) is 55.5 Å². The lowest BCUT2D eigenvalue weighted by atomic mass is 9.95. The first-order valence-electron chi connectivity index (χ1n) is 7.79. The van der Waals surface area contributed by atoms with Crippen LogP contribution in [0.15, 0.2) is 54.6 Å². The van der Waals surface area contributed by atoms with E-state index in [2.05, 4.69) is 0 Å². The zero-order valence-corrected chi connectivity index (χ0v) is 13.7. The van der Waals surface area contributed by atoms with E-state index in [1.165, 1.54) is 17.0 Å². The van der Waals surface area contributed by atoms with E-state index in [4.69, 9.17) is 0 Å². The van der Waals surface area contributed by atoms with E-state index in [0.717, 1.165) is 11.6 Å². The van der Waals surface area contributed by atoms with Crippen LogP contribution in [-0.4, -0.2) is 17.9 Å². The SMILES string of the molecule is CCC(C(=O)N(C)Cc1ccccc1C(F)(F)F)c1ccccc1. The van der Waals surface area contributed by atoms with Crippen LogP contribution in [0.1, 0.15) is 36.0 Å². The highest BCUT2D eigenvalue weighted by molar-refractivity contribution is 5.83. The summed E-state index contributed by atoms with van der Waals surface area (Å²) in [4.78, 5) is 14.1. The maximum absolute atomic E-state index is 13.1. The Labute approximate surface area is 139 Å². The molecule has 5 heteroatoms. The Morgan fingerprint density at radius 2 is 1.62 bits per heavy atom. The minimum absolute atomic E-state index is 0.0716. The molecule has 0 aliphatic heterocycles. The summed E-state index contributed by atoms with van der Waals surface area (Å²) in [6, 6.07) is 14.7. The number of nitrogens with zero attached hydrogens (tertiary/aromatic N) is 1. The van der Waals surface area contributed by atoms with Crippen LogP contribution in [0.3, 0.4) is 0 Å². The van der Waals surface area contributed by atoms with Gasteiger partial charge in [-0.2, -0.15) is 13.2 Å². The summed E-state index contributed by atoms with van der Waals surface area (Å²) in [5, 5.41) is 0. The van der Waals surface area contributed by atoms with Gasteiger partial charge in [0.05, 0.1) is 11.5 Å². The van der Waals surface area contributed by atoms with E-state index in [9.17, 15) is 18.0 Å². The Kier molecular flexibility index (Phi) is 5.65. The number of likely N-dealkylation sites (N-methyl/N-ethyl adjacent to an activating group) is 1. The van der Waals surface area contributed by atoms with Crippen LogP contribution in [0, 0.1) is 0 Å². The van der Waals surface area contributed by atoms with Crippen molar-refractivity contribution in [1.29, 1.82) is 0 Å². The highest BCUT2D eigenvalue weighted by atomic mass is 19.4. The van der Waals surface area contributed by atoms with Gasteiger partial charge in [-0.15, -0.1) is 0 Å². The van der Waals surface area contributed by atoms with Crippen LogP contribution in [-0.2, 0) is 17.5 Å². The molecule has 1 amide bonds. The number of halogens is 3. The molecular formula is C19H20F3NO. The topological polar surface area (TPSA) is 20.3 Å². The van der Waals surface area contributed by atoms with E-state index in [-0.39, 0.29) is 23.9 Å². The van der Waals surface area contributed by atoms with Gasteiger partial charge in [-0.25, -0.2) is 0 Å². The average Bonchev–Trinajstić information content (AvgIpc) is 2.56. The van der Waals surface area contributed by atoms with Crippen molar-refractivity contribution in [3.05, 3.63) is 71.3 Å². The molecule has 0 radical (unpaired) electrons. The number of carbonyl (C=O) groups excluding carboxylic acids is 1. The lowest BCUT2D eigenvalue weighted by molar-refractivity contribution is -0.139.